The van der Waals surface area contributed by atoms with Crippen molar-refractivity contribution in [3.63, 3.8) is 0 Å². The van der Waals surface area contributed by atoms with Crippen molar-refractivity contribution in [3.8, 4) is 0 Å². The highest BCUT2D eigenvalue weighted by Crippen LogP contribution is 2.24. The Balaban J connectivity index is 2.30. The summed E-state index contributed by atoms with van der Waals surface area (Å²) in [5.74, 6) is -0.621. The minimum absolute atomic E-state index is 0.0283. The molecule has 0 spiro atoms. The molecule has 1 atom stereocenters. The number of nitrogens with one attached hydrogen (secondary N) is 1. The molecule has 1 fully saturated rings. The van der Waals surface area contributed by atoms with Gasteiger partial charge >= 0.3 is 0 Å². The summed E-state index contributed by atoms with van der Waals surface area (Å²) in [6.45, 7) is 4.99. The topological polar surface area (TPSA) is 49.4 Å². The van der Waals surface area contributed by atoms with Gasteiger partial charge < -0.3 is 5.32 Å². The third-order valence-corrected chi connectivity index (χ3v) is 5.96. The number of benzene rings is 1. The molecule has 1 saturated heterocycles. The van der Waals surface area contributed by atoms with Gasteiger partial charge in [-0.1, -0.05) is 11.6 Å². The molecule has 1 N–H and O–H groups in total. The average Bonchev–Trinajstić information content (AvgIpc) is 2.91. The van der Waals surface area contributed by atoms with Crippen LogP contribution in [0.1, 0.15) is 26.7 Å². The van der Waals surface area contributed by atoms with Crippen LogP contribution in [0.15, 0.2) is 23.1 Å². The average molecular weight is 335 g/mol. The summed E-state index contributed by atoms with van der Waals surface area (Å²) in [7, 11) is -3.68. The molecule has 0 bridgehead atoms. The van der Waals surface area contributed by atoms with Gasteiger partial charge in [0.1, 0.15) is 5.82 Å². The molecule has 7 heteroatoms. The van der Waals surface area contributed by atoms with Crippen molar-refractivity contribution in [2.24, 2.45) is 0 Å². The van der Waals surface area contributed by atoms with Gasteiger partial charge in [0.25, 0.3) is 0 Å². The fourth-order valence-electron chi connectivity index (χ4n) is 2.49. The second-order valence-electron chi connectivity index (χ2n) is 5.54. The molecule has 21 heavy (non-hydrogen) atoms. The summed E-state index contributed by atoms with van der Waals surface area (Å²) in [4.78, 5) is 0.0283. The van der Waals surface area contributed by atoms with E-state index in [0.717, 1.165) is 25.5 Å². The molecule has 1 aliphatic heterocycles. The largest absolute Gasteiger partial charge is 0.313 e. The lowest BCUT2D eigenvalue weighted by atomic mass is 10.2. The van der Waals surface area contributed by atoms with E-state index in [1.165, 1.54) is 16.4 Å². The molecule has 0 radical (unpaired) electrons. The maximum Gasteiger partial charge on any atom is 0.243 e. The highest BCUT2D eigenvalue weighted by atomic mass is 35.5. The lowest BCUT2D eigenvalue weighted by Crippen LogP contribution is -2.44. The minimum atomic E-state index is -3.68. The van der Waals surface area contributed by atoms with E-state index >= 15 is 0 Å². The van der Waals surface area contributed by atoms with Crippen molar-refractivity contribution in [1.82, 2.24) is 9.62 Å². The van der Waals surface area contributed by atoms with Crippen molar-refractivity contribution >= 4 is 21.6 Å². The first-order valence-corrected chi connectivity index (χ1v) is 8.84. The number of halogens is 2. The predicted octanol–water partition coefficient (Wildman–Crippen LogP) is 2.63. The van der Waals surface area contributed by atoms with E-state index in [4.69, 9.17) is 11.6 Å². The van der Waals surface area contributed by atoms with E-state index in [1.54, 1.807) is 0 Å². The predicted molar refractivity (Wildman–Crippen MR) is 81.5 cm³/mol. The molecule has 4 nitrogen and oxygen atoms in total. The number of sulfonamides is 1. The maximum atomic E-state index is 13.2. The number of rotatable bonds is 5. The zero-order valence-electron chi connectivity index (χ0n) is 12.1. The van der Waals surface area contributed by atoms with Crippen LogP contribution in [0, 0.1) is 5.82 Å². The summed E-state index contributed by atoms with van der Waals surface area (Å²) >= 11 is 5.70. The molecule has 1 aliphatic rings. The zero-order valence-corrected chi connectivity index (χ0v) is 13.7. The number of hydrogen-bond donors (Lipinski definition) is 1. The SMILES string of the molecule is CC(C)N(CC1CCCN1)S(=O)(=O)c1ccc(F)c(Cl)c1. The summed E-state index contributed by atoms with van der Waals surface area (Å²) in [6, 6.07) is 3.50. The molecule has 2 rings (SSSR count). The van der Waals surface area contributed by atoms with Gasteiger partial charge in [0.2, 0.25) is 10.0 Å². The van der Waals surface area contributed by atoms with Crippen LogP contribution in [-0.4, -0.2) is 37.9 Å². The van der Waals surface area contributed by atoms with Gasteiger partial charge in [0, 0.05) is 18.6 Å². The first kappa shape index (κ1) is 16.7. The molecule has 118 valence electrons. The Hall–Kier alpha value is -0.690. The lowest BCUT2D eigenvalue weighted by molar-refractivity contribution is 0.322. The molecule has 1 unspecified atom stereocenters. The zero-order chi connectivity index (χ0) is 15.6. The van der Waals surface area contributed by atoms with E-state index in [0.29, 0.717) is 6.54 Å². The molecule has 1 aromatic carbocycles. The normalized spacial score (nSPS) is 19.6. The van der Waals surface area contributed by atoms with Gasteiger partial charge in [0.05, 0.1) is 9.92 Å². The Kier molecular flexibility index (Phi) is 5.24. The van der Waals surface area contributed by atoms with Crippen LogP contribution in [0.2, 0.25) is 5.02 Å². The molecule has 0 amide bonds. The molecular formula is C14H20ClFN2O2S. The second kappa shape index (κ2) is 6.60. The third kappa shape index (κ3) is 3.74. The molecular weight excluding hydrogens is 315 g/mol. The van der Waals surface area contributed by atoms with Crippen molar-refractivity contribution in [1.29, 1.82) is 0 Å². The Bertz CT molecular complexity index is 601. The fraction of sp³-hybridized carbons (Fsp3) is 0.571. The van der Waals surface area contributed by atoms with Crippen LogP contribution < -0.4 is 5.32 Å². The molecule has 0 aliphatic carbocycles. The van der Waals surface area contributed by atoms with Crippen LogP contribution in [-0.2, 0) is 10.0 Å². The van der Waals surface area contributed by atoms with Crippen LogP contribution in [0.25, 0.3) is 0 Å². The summed E-state index contributed by atoms with van der Waals surface area (Å²) in [6.07, 6.45) is 2.02. The van der Waals surface area contributed by atoms with Crippen molar-refractivity contribution in [3.05, 3.63) is 29.0 Å². The Morgan fingerprint density at radius 3 is 2.71 bits per heavy atom. The van der Waals surface area contributed by atoms with E-state index in [1.807, 2.05) is 13.8 Å². The van der Waals surface area contributed by atoms with E-state index in [2.05, 4.69) is 5.32 Å². The molecule has 1 aromatic rings. The Morgan fingerprint density at radius 2 is 2.19 bits per heavy atom. The van der Waals surface area contributed by atoms with E-state index in [-0.39, 0.29) is 22.0 Å². The van der Waals surface area contributed by atoms with Gasteiger partial charge in [0.15, 0.2) is 0 Å². The number of nitrogens with zero attached hydrogens (tertiary/aromatic N) is 1. The van der Waals surface area contributed by atoms with Crippen LogP contribution in [0.3, 0.4) is 0 Å². The Morgan fingerprint density at radius 1 is 1.48 bits per heavy atom. The third-order valence-electron chi connectivity index (χ3n) is 3.64. The maximum absolute atomic E-state index is 13.2. The van der Waals surface area contributed by atoms with E-state index in [9.17, 15) is 12.8 Å². The summed E-state index contributed by atoms with van der Waals surface area (Å²) < 4.78 is 40.2. The monoisotopic (exact) mass is 334 g/mol. The van der Waals surface area contributed by atoms with E-state index < -0.39 is 15.8 Å². The van der Waals surface area contributed by atoms with Gasteiger partial charge in [-0.05, 0) is 51.4 Å². The highest BCUT2D eigenvalue weighted by Gasteiger charge is 2.30. The summed E-state index contributed by atoms with van der Waals surface area (Å²) in [5, 5.41) is 3.11. The van der Waals surface area contributed by atoms with Gasteiger partial charge in [-0.2, -0.15) is 4.31 Å². The number of hydrogen-bond acceptors (Lipinski definition) is 3. The van der Waals surface area contributed by atoms with Gasteiger partial charge in [-0.25, -0.2) is 12.8 Å². The first-order valence-electron chi connectivity index (χ1n) is 7.02. The lowest BCUT2D eigenvalue weighted by Gasteiger charge is -2.28. The fourth-order valence-corrected chi connectivity index (χ4v) is 4.44. The van der Waals surface area contributed by atoms with Crippen LogP contribution in [0.4, 0.5) is 4.39 Å². The van der Waals surface area contributed by atoms with Crippen molar-refractivity contribution in [2.45, 2.75) is 43.7 Å². The van der Waals surface area contributed by atoms with Crippen molar-refractivity contribution in [2.75, 3.05) is 13.1 Å². The van der Waals surface area contributed by atoms with Crippen molar-refractivity contribution < 1.29 is 12.8 Å². The highest BCUT2D eigenvalue weighted by molar-refractivity contribution is 7.89. The summed E-state index contributed by atoms with van der Waals surface area (Å²) in [5.41, 5.74) is 0. The Labute approximate surface area is 130 Å². The molecule has 0 aromatic heterocycles. The first-order chi connectivity index (χ1) is 9.82. The quantitative estimate of drug-likeness (QED) is 0.900. The smallest absolute Gasteiger partial charge is 0.243 e. The standard InChI is InChI=1S/C14H20ClFN2O2S/c1-10(2)18(9-11-4-3-7-17-11)21(19,20)12-5-6-14(16)13(15)8-12/h5-6,8,10-11,17H,3-4,7,9H2,1-2H3. The van der Waals surface area contributed by atoms with Gasteiger partial charge in [-0.15, -0.1) is 0 Å². The minimum Gasteiger partial charge on any atom is -0.313 e. The van der Waals surface area contributed by atoms with Gasteiger partial charge in [-0.3, -0.25) is 0 Å². The molecule has 0 saturated carbocycles. The molecule has 1 heterocycles. The van der Waals surface area contributed by atoms with Crippen LogP contribution >= 0.6 is 11.6 Å². The second-order valence-corrected chi connectivity index (χ2v) is 7.84. The van der Waals surface area contributed by atoms with Crippen LogP contribution in [0.5, 0.6) is 0 Å².